The van der Waals surface area contributed by atoms with Crippen LogP contribution in [0.3, 0.4) is 0 Å². The van der Waals surface area contributed by atoms with Crippen molar-refractivity contribution in [1.82, 2.24) is 0 Å². The first kappa shape index (κ1) is 21.7. The van der Waals surface area contributed by atoms with Crippen molar-refractivity contribution < 1.29 is 9.59 Å². The van der Waals surface area contributed by atoms with Gasteiger partial charge in [-0.2, -0.15) is 0 Å². The Morgan fingerprint density at radius 1 is 0.657 bits per heavy atom. The molecule has 0 N–H and O–H groups in total. The molecule has 3 aromatic carbocycles. The summed E-state index contributed by atoms with van der Waals surface area (Å²) >= 11 is 3.01. The monoisotopic (exact) mass is 491 g/mol. The molecule has 0 bridgehead atoms. The van der Waals surface area contributed by atoms with Crippen LogP contribution in [0.15, 0.2) is 84.9 Å². The molecule has 0 amide bonds. The van der Waals surface area contributed by atoms with Crippen LogP contribution in [0.2, 0.25) is 0 Å². The van der Waals surface area contributed by atoms with Crippen LogP contribution in [0, 0.1) is 13.8 Å². The normalized spacial score (nSPS) is 11.9. The molecule has 170 valence electrons. The van der Waals surface area contributed by atoms with Crippen LogP contribution in [0.1, 0.15) is 36.7 Å². The molecule has 0 spiro atoms. The number of benzene rings is 3. The first-order valence-electron chi connectivity index (χ1n) is 11.3. The van der Waals surface area contributed by atoms with Crippen molar-refractivity contribution in [1.29, 1.82) is 0 Å². The summed E-state index contributed by atoms with van der Waals surface area (Å²) in [6.45, 7) is 4.19. The van der Waals surface area contributed by atoms with Crippen molar-refractivity contribution in [3.05, 3.63) is 112 Å². The minimum Gasteiger partial charge on any atom is -0.311 e. The summed E-state index contributed by atoms with van der Waals surface area (Å²) in [4.78, 5) is 29.8. The largest absolute Gasteiger partial charge is 0.311 e. The van der Waals surface area contributed by atoms with E-state index in [2.05, 4.69) is 91.5 Å². The summed E-state index contributed by atoms with van der Waals surface area (Å²) in [5, 5.41) is 0. The van der Waals surface area contributed by atoms with Crippen LogP contribution in [-0.4, -0.2) is 12.1 Å². The van der Waals surface area contributed by atoms with E-state index in [9.17, 15) is 9.59 Å². The predicted octanol–water partition coefficient (Wildman–Crippen LogP) is 8.59. The fraction of sp³-hybridized carbons (Fsp3) is 0.0667. The van der Waals surface area contributed by atoms with Gasteiger partial charge in [0.1, 0.15) is 0 Å². The molecule has 0 unspecified atom stereocenters. The van der Waals surface area contributed by atoms with Crippen LogP contribution in [0.4, 0.5) is 17.1 Å². The third-order valence-corrected chi connectivity index (χ3v) is 8.70. The average molecular weight is 492 g/mol. The highest BCUT2D eigenvalue weighted by atomic mass is 32.1. The highest BCUT2D eigenvalue weighted by Crippen LogP contribution is 2.49. The molecular formula is C30H21NO2S2. The molecule has 35 heavy (non-hydrogen) atoms. The Morgan fingerprint density at radius 2 is 1.14 bits per heavy atom. The van der Waals surface area contributed by atoms with Gasteiger partial charge in [0.25, 0.3) is 0 Å². The van der Waals surface area contributed by atoms with Gasteiger partial charge in [0, 0.05) is 33.1 Å². The molecule has 0 radical (unpaired) electrons. The summed E-state index contributed by atoms with van der Waals surface area (Å²) in [6, 6.07) is 29.3. The zero-order valence-electron chi connectivity index (χ0n) is 19.2. The van der Waals surface area contributed by atoms with Crippen molar-refractivity contribution in [2.24, 2.45) is 0 Å². The number of ketones is 1. The SMILES string of the molecule is Cc1ccc(N(c2ccc(C)cc2)c2ccc(-c3cc4c(s3)-c3sc(C=O)cc3C4=O)cc2)cc1. The number of hydrogen-bond donors (Lipinski definition) is 0. The molecule has 3 nitrogen and oxygen atoms in total. The number of rotatable bonds is 5. The molecule has 1 aliphatic rings. The van der Waals surface area contributed by atoms with E-state index in [0.717, 1.165) is 49.1 Å². The molecule has 0 fully saturated rings. The van der Waals surface area contributed by atoms with Gasteiger partial charge in [-0.25, -0.2) is 0 Å². The van der Waals surface area contributed by atoms with Gasteiger partial charge in [0.05, 0.1) is 14.6 Å². The molecule has 5 aromatic rings. The number of anilines is 3. The molecule has 1 aliphatic carbocycles. The standard InChI is InChI=1S/C30H21NO2S2/c1-18-3-9-21(10-4-18)31(22-11-5-19(2)6-12-22)23-13-7-20(8-14-23)27-16-26-28(33)25-15-24(17-32)34-29(25)30(26)35-27/h3-17H,1-2H3. The minimum atomic E-state index is 0.0170. The summed E-state index contributed by atoms with van der Waals surface area (Å²) < 4.78 is 0. The van der Waals surface area contributed by atoms with Crippen LogP contribution in [-0.2, 0) is 0 Å². The van der Waals surface area contributed by atoms with E-state index in [1.807, 2.05) is 6.07 Å². The van der Waals surface area contributed by atoms with E-state index < -0.39 is 0 Å². The Labute approximate surface area is 211 Å². The summed E-state index contributed by atoms with van der Waals surface area (Å²) in [6.07, 6.45) is 0.817. The Balaban J connectivity index is 1.37. The first-order chi connectivity index (χ1) is 17.0. The topological polar surface area (TPSA) is 37.4 Å². The minimum absolute atomic E-state index is 0.0170. The maximum absolute atomic E-state index is 12.9. The van der Waals surface area contributed by atoms with Gasteiger partial charge in [-0.05, 0) is 67.9 Å². The molecule has 2 heterocycles. The van der Waals surface area contributed by atoms with Crippen LogP contribution >= 0.6 is 22.7 Å². The zero-order chi connectivity index (χ0) is 24.1. The lowest BCUT2D eigenvalue weighted by molar-refractivity contribution is 0.104. The van der Waals surface area contributed by atoms with E-state index in [1.54, 1.807) is 17.4 Å². The molecule has 0 aliphatic heterocycles. The highest BCUT2D eigenvalue weighted by molar-refractivity contribution is 7.25. The van der Waals surface area contributed by atoms with E-state index in [-0.39, 0.29) is 5.78 Å². The van der Waals surface area contributed by atoms with Gasteiger partial charge in [-0.1, -0.05) is 47.5 Å². The van der Waals surface area contributed by atoms with Gasteiger partial charge >= 0.3 is 0 Å². The lowest BCUT2D eigenvalue weighted by Gasteiger charge is -2.26. The predicted molar refractivity (Wildman–Crippen MR) is 146 cm³/mol. The van der Waals surface area contributed by atoms with Crippen molar-refractivity contribution >= 4 is 51.8 Å². The Kier molecular flexibility index (Phi) is 5.24. The molecule has 5 heteroatoms. The summed E-state index contributed by atoms with van der Waals surface area (Å²) in [5.74, 6) is 0.0170. The fourth-order valence-electron chi connectivity index (χ4n) is 4.43. The van der Waals surface area contributed by atoms with Crippen molar-refractivity contribution in [2.75, 3.05) is 4.90 Å². The van der Waals surface area contributed by atoms with E-state index in [4.69, 9.17) is 0 Å². The third kappa shape index (κ3) is 3.73. The molecule has 0 saturated carbocycles. The van der Waals surface area contributed by atoms with E-state index in [1.165, 1.54) is 22.5 Å². The van der Waals surface area contributed by atoms with Gasteiger partial charge in [0.15, 0.2) is 12.1 Å². The van der Waals surface area contributed by atoms with E-state index >= 15 is 0 Å². The fourth-order valence-corrected chi connectivity index (χ4v) is 6.72. The molecule has 2 aromatic heterocycles. The van der Waals surface area contributed by atoms with Crippen LogP contribution < -0.4 is 4.90 Å². The first-order valence-corrected chi connectivity index (χ1v) is 13.0. The van der Waals surface area contributed by atoms with E-state index in [0.29, 0.717) is 10.4 Å². The van der Waals surface area contributed by atoms with Gasteiger partial charge in [-0.3, -0.25) is 9.59 Å². The van der Waals surface area contributed by atoms with Gasteiger partial charge < -0.3 is 4.90 Å². The van der Waals surface area contributed by atoms with Gasteiger partial charge in [0.2, 0.25) is 0 Å². The maximum Gasteiger partial charge on any atom is 0.196 e. The molecule has 0 atom stereocenters. The molecular weight excluding hydrogens is 470 g/mol. The number of thiophene rings is 2. The molecule has 6 rings (SSSR count). The second-order valence-corrected chi connectivity index (χ2v) is 10.9. The summed E-state index contributed by atoms with van der Waals surface area (Å²) in [5.41, 5.74) is 8.19. The number of aryl methyl sites for hydroxylation is 2. The van der Waals surface area contributed by atoms with Crippen LogP contribution in [0.5, 0.6) is 0 Å². The quantitative estimate of drug-likeness (QED) is 0.227. The van der Waals surface area contributed by atoms with Crippen molar-refractivity contribution in [3.63, 3.8) is 0 Å². The smallest absolute Gasteiger partial charge is 0.196 e. The third-order valence-electron chi connectivity index (χ3n) is 6.29. The highest BCUT2D eigenvalue weighted by Gasteiger charge is 2.32. The number of nitrogens with zero attached hydrogens (tertiary/aromatic N) is 1. The number of hydrogen-bond acceptors (Lipinski definition) is 5. The molecule has 0 saturated heterocycles. The van der Waals surface area contributed by atoms with Crippen molar-refractivity contribution in [3.8, 4) is 20.2 Å². The Hall–Kier alpha value is -3.80. The van der Waals surface area contributed by atoms with Gasteiger partial charge in [-0.15, -0.1) is 22.7 Å². The Bertz CT molecular complexity index is 1530. The number of fused-ring (bicyclic) bond motifs is 3. The second-order valence-electron chi connectivity index (χ2n) is 8.75. The lowest BCUT2D eigenvalue weighted by atomic mass is 10.1. The van der Waals surface area contributed by atoms with Crippen LogP contribution in [0.25, 0.3) is 20.2 Å². The number of carbonyl (C=O) groups excluding carboxylic acids is 2. The maximum atomic E-state index is 12.9. The zero-order valence-corrected chi connectivity index (χ0v) is 20.9. The lowest BCUT2D eigenvalue weighted by Crippen LogP contribution is -2.09. The Morgan fingerprint density at radius 3 is 1.69 bits per heavy atom. The summed E-state index contributed by atoms with van der Waals surface area (Å²) in [7, 11) is 0. The average Bonchev–Trinajstić information content (AvgIpc) is 3.56. The number of carbonyl (C=O) groups is 2. The second kappa shape index (κ2) is 8.45. The van der Waals surface area contributed by atoms with Crippen molar-refractivity contribution in [2.45, 2.75) is 13.8 Å². The number of aldehydes is 1.